The van der Waals surface area contributed by atoms with Crippen LogP contribution in [0.5, 0.6) is 17.2 Å². The molecule has 0 saturated carbocycles. The topological polar surface area (TPSA) is 131 Å². The molecule has 12 heteroatoms. The van der Waals surface area contributed by atoms with E-state index in [0.29, 0.717) is 46.2 Å². The average molecular weight is 586 g/mol. The molecule has 0 bridgehead atoms. The van der Waals surface area contributed by atoms with Crippen molar-refractivity contribution in [3.05, 3.63) is 77.9 Å². The van der Waals surface area contributed by atoms with Crippen LogP contribution in [0.1, 0.15) is 24.0 Å². The van der Waals surface area contributed by atoms with Gasteiger partial charge in [-0.25, -0.2) is 9.89 Å². The van der Waals surface area contributed by atoms with Crippen molar-refractivity contribution in [1.82, 2.24) is 10.2 Å². The van der Waals surface area contributed by atoms with Crippen molar-refractivity contribution in [3.8, 4) is 17.2 Å². The van der Waals surface area contributed by atoms with Gasteiger partial charge in [0.15, 0.2) is 16.7 Å². The molecule has 3 aliphatic heterocycles. The van der Waals surface area contributed by atoms with E-state index < -0.39 is 6.04 Å². The average Bonchev–Trinajstić information content (AvgIpc) is 3.62. The minimum Gasteiger partial charge on any atom is -0.497 e. The van der Waals surface area contributed by atoms with E-state index in [2.05, 4.69) is 15.6 Å². The lowest BCUT2D eigenvalue weighted by atomic mass is 10.1. The number of rotatable bonds is 9. The Morgan fingerprint density at radius 1 is 1.05 bits per heavy atom. The fraction of sp³-hybridized carbons (Fsp3) is 0.233. The van der Waals surface area contributed by atoms with Gasteiger partial charge in [0.25, 0.3) is 5.91 Å². The van der Waals surface area contributed by atoms with Crippen LogP contribution in [-0.4, -0.2) is 59.3 Å². The Bertz CT molecular complexity index is 1610. The number of fused-ring (bicyclic) bond motifs is 4. The first-order valence-electron chi connectivity index (χ1n) is 13.3. The Hall–Kier alpha value is -4.84. The van der Waals surface area contributed by atoms with Crippen LogP contribution in [0, 0.1) is 0 Å². The molecule has 11 nitrogen and oxygen atoms in total. The number of hydrogen-bond donors (Lipinski definition) is 2. The van der Waals surface area contributed by atoms with E-state index in [0.717, 1.165) is 22.9 Å². The van der Waals surface area contributed by atoms with Gasteiger partial charge >= 0.3 is 0 Å². The van der Waals surface area contributed by atoms with Crippen molar-refractivity contribution in [2.75, 3.05) is 25.0 Å². The highest BCUT2D eigenvalue weighted by molar-refractivity contribution is 8.14. The van der Waals surface area contributed by atoms with Crippen LogP contribution in [0.3, 0.4) is 0 Å². The lowest BCUT2D eigenvalue weighted by molar-refractivity contribution is -0.125. The molecule has 3 aliphatic rings. The van der Waals surface area contributed by atoms with Gasteiger partial charge in [-0.05, 0) is 60.5 Å². The summed E-state index contributed by atoms with van der Waals surface area (Å²) < 4.78 is 15.9. The van der Waals surface area contributed by atoms with Gasteiger partial charge in [0.2, 0.25) is 18.6 Å². The number of methoxy groups -OCH3 is 1. The number of para-hydroxylation sites is 1. The summed E-state index contributed by atoms with van der Waals surface area (Å²) in [6.45, 7) is 0.514. The first-order chi connectivity index (χ1) is 20.5. The smallest absolute Gasteiger partial charge is 0.259 e. The monoisotopic (exact) mass is 585 g/mol. The minimum absolute atomic E-state index is 0.0387. The molecule has 3 aromatic carbocycles. The molecule has 0 radical (unpaired) electrons. The zero-order valence-corrected chi connectivity index (χ0v) is 23.5. The number of nitrogens with zero attached hydrogens (tertiary/aromatic N) is 3. The van der Waals surface area contributed by atoms with Gasteiger partial charge in [-0.15, -0.1) is 0 Å². The van der Waals surface area contributed by atoms with E-state index >= 15 is 0 Å². The zero-order valence-electron chi connectivity index (χ0n) is 22.7. The highest BCUT2D eigenvalue weighted by atomic mass is 32.2. The van der Waals surface area contributed by atoms with Crippen LogP contribution < -0.4 is 24.8 Å². The summed E-state index contributed by atoms with van der Waals surface area (Å²) in [5.41, 5.74) is 2.91. The number of benzene rings is 3. The SMILES string of the molecule is COc1ccc(NC(=O)CSC2=Nc3ccccc3C3=N[C@@H](CCC(=O)NCc4ccc5c(c4)OCO5)C(=O)N23)cc1. The number of anilines is 1. The van der Waals surface area contributed by atoms with Gasteiger partial charge in [0, 0.05) is 24.2 Å². The van der Waals surface area contributed by atoms with Crippen LogP contribution in [0.2, 0.25) is 0 Å². The molecular formula is C30H27N5O6S. The second-order valence-corrected chi connectivity index (χ2v) is 10.6. The lowest BCUT2D eigenvalue weighted by Crippen LogP contribution is -2.41. The van der Waals surface area contributed by atoms with Gasteiger partial charge in [-0.1, -0.05) is 30.0 Å². The summed E-state index contributed by atoms with van der Waals surface area (Å²) in [7, 11) is 1.58. The van der Waals surface area contributed by atoms with Crippen LogP contribution in [0.4, 0.5) is 11.4 Å². The Balaban J connectivity index is 1.08. The number of thioether (sulfide) groups is 1. The standard InChI is InChI=1S/C30H27N5O6S/c1-39-20-9-7-19(8-10-20)32-27(37)16-42-30-34-22-5-3-2-4-21(22)28-33-23(29(38)35(28)30)11-13-26(36)31-15-18-6-12-24-25(14-18)41-17-40-24/h2-10,12,14,23H,11,13,15-17H2,1H3,(H,31,36)(H,32,37)/t23-/m0/s1. The molecule has 0 aromatic heterocycles. The summed E-state index contributed by atoms with van der Waals surface area (Å²) in [6.07, 6.45) is 0.362. The molecule has 214 valence electrons. The molecule has 6 rings (SSSR count). The van der Waals surface area contributed by atoms with Gasteiger partial charge in [-0.2, -0.15) is 0 Å². The maximum atomic E-state index is 13.5. The summed E-state index contributed by atoms with van der Waals surface area (Å²) in [6, 6.07) is 19.2. The van der Waals surface area contributed by atoms with Crippen molar-refractivity contribution in [1.29, 1.82) is 0 Å². The third-order valence-electron chi connectivity index (χ3n) is 6.83. The van der Waals surface area contributed by atoms with E-state index in [1.54, 1.807) is 31.4 Å². The van der Waals surface area contributed by atoms with Crippen LogP contribution in [0.25, 0.3) is 0 Å². The Morgan fingerprint density at radius 2 is 1.86 bits per heavy atom. The summed E-state index contributed by atoms with van der Waals surface area (Å²) >= 11 is 1.16. The molecule has 0 unspecified atom stereocenters. The number of nitrogens with one attached hydrogen (secondary N) is 2. The molecule has 0 saturated heterocycles. The molecule has 1 atom stereocenters. The Morgan fingerprint density at radius 3 is 2.69 bits per heavy atom. The lowest BCUT2D eigenvalue weighted by Gasteiger charge is -2.25. The summed E-state index contributed by atoms with van der Waals surface area (Å²) in [5.74, 6) is 1.84. The number of aliphatic imine (C=N–C) groups is 2. The van der Waals surface area contributed by atoms with E-state index in [4.69, 9.17) is 19.2 Å². The van der Waals surface area contributed by atoms with Crippen molar-refractivity contribution in [3.63, 3.8) is 0 Å². The highest BCUT2D eigenvalue weighted by Gasteiger charge is 2.41. The van der Waals surface area contributed by atoms with E-state index in [9.17, 15) is 14.4 Å². The van der Waals surface area contributed by atoms with E-state index in [-0.39, 0.29) is 43.1 Å². The molecule has 3 amide bonds. The first-order valence-corrected chi connectivity index (χ1v) is 14.3. The largest absolute Gasteiger partial charge is 0.497 e. The molecule has 0 spiro atoms. The molecular weight excluding hydrogens is 558 g/mol. The predicted molar refractivity (Wildman–Crippen MR) is 158 cm³/mol. The molecule has 3 aromatic rings. The molecule has 2 N–H and O–H groups in total. The molecule has 3 heterocycles. The molecule has 42 heavy (non-hydrogen) atoms. The number of ether oxygens (including phenoxy) is 3. The van der Waals surface area contributed by atoms with Gasteiger partial charge in [0.05, 0.1) is 18.6 Å². The second kappa shape index (κ2) is 12.0. The minimum atomic E-state index is -0.735. The Kier molecular flexibility index (Phi) is 7.78. The number of amidine groups is 2. The zero-order chi connectivity index (χ0) is 29.1. The first kappa shape index (κ1) is 27.3. The summed E-state index contributed by atoms with van der Waals surface area (Å²) in [4.78, 5) is 49.6. The fourth-order valence-electron chi connectivity index (χ4n) is 4.70. The van der Waals surface area contributed by atoms with Crippen LogP contribution in [0.15, 0.2) is 76.7 Å². The van der Waals surface area contributed by atoms with E-state index in [1.165, 1.54) is 4.90 Å². The Labute approximate surface area is 246 Å². The number of amides is 3. The number of carbonyl (C=O) groups is 3. The van der Waals surface area contributed by atoms with Gasteiger partial charge < -0.3 is 24.8 Å². The maximum Gasteiger partial charge on any atom is 0.259 e. The molecule has 0 aliphatic carbocycles. The van der Waals surface area contributed by atoms with Crippen LogP contribution >= 0.6 is 11.8 Å². The second-order valence-electron chi connectivity index (χ2n) is 9.62. The summed E-state index contributed by atoms with van der Waals surface area (Å²) in [5, 5.41) is 6.10. The third-order valence-corrected chi connectivity index (χ3v) is 7.76. The van der Waals surface area contributed by atoms with E-state index in [1.807, 2.05) is 42.5 Å². The molecule has 0 fully saturated rings. The van der Waals surface area contributed by atoms with Gasteiger partial charge in [0.1, 0.15) is 17.6 Å². The normalized spacial score (nSPS) is 16.3. The fourth-order valence-corrected chi connectivity index (χ4v) is 5.50. The van der Waals surface area contributed by atoms with Crippen LogP contribution in [-0.2, 0) is 20.9 Å². The number of hydrogen-bond acceptors (Lipinski definition) is 9. The number of carbonyl (C=O) groups excluding carboxylic acids is 3. The quantitative estimate of drug-likeness (QED) is 0.390. The van der Waals surface area contributed by atoms with Crippen molar-refractivity contribution in [2.24, 2.45) is 9.98 Å². The highest BCUT2D eigenvalue weighted by Crippen LogP contribution is 2.35. The predicted octanol–water partition coefficient (Wildman–Crippen LogP) is 3.85. The third kappa shape index (κ3) is 5.79. The van der Waals surface area contributed by atoms with Gasteiger partial charge in [-0.3, -0.25) is 19.4 Å². The van der Waals surface area contributed by atoms with Crippen molar-refractivity contribution in [2.45, 2.75) is 25.4 Å². The van der Waals surface area contributed by atoms with Crippen molar-refractivity contribution < 1.29 is 28.6 Å². The maximum absolute atomic E-state index is 13.5. The van der Waals surface area contributed by atoms with Crippen molar-refractivity contribution >= 4 is 51.9 Å².